The van der Waals surface area contributed by atoms with Crippen LogP contribution in [0.15, 0.2) is 240 Å². The van der Waals surface area contributed by atoms with Gasteiger partial charge in [-0.1, -0.05) is 97.1 Å². The van der Waals surface area contributed by atoms with Crippen LogP contribution in [0.1, 0.15) is 0 Å². The SMILES string of the molecule is Nc1cccc(Oc2cccc(-c3cccc(S(=O)(=O)c4cccc(-c5cccc(Oc6cccc(N)c6)c5)c4-c4cccc(Oc5cccc(N)c5)c4)c3-c3cccc(Oc4cccc(N)c4)c3)c2)c1. The Balaban J connectivity index is 1.16. The second-order valence-corrected chi connectivity index (χ2v) is 18.6. The molecule has 0 aromatic heterocycles. The highest BCUT2D eigenvalue weighted by Gasteiger charge is 2.30. The first-order chi connectivity index (χ1) is 34.5. The molecular formula is C60H46N4O6S. The lowest BCUT2D eigenvalue weighted by atomic mass is 9.94. The molecular weight excluding hydrogens is 905 g/mol. The molecule has 0 atom stereocenters. The second-order valence-electron chi connectivity index (χ2n) is 16.7. The molecule has 0 unspecified atom stereocenters. The van der Waals surface area contributed by atoms with Crippen LogP contribution in [0.4, 0.5) is 22.7 Å². The summed E-state index contributed by atoms with van der Waals surface area (Å²) in [5.74, 6) is 4.19. The van der Waals surface area contributed by atoms with Crippen LogP contribution >= 0.6 is 0 Å². The van der Waals surface area contributed by atoms with Crippen LogP contribution in [-0.4, -0.2) is 8.42 Å². The van der Waals surface area contributed by atoms with Gasteiger partial charge < -0.3 is 41.9 Å². The fraction of sp³-hybridized carbons (Fsp3) is 0. The fourth-order valence-corrected chi connectivity index (χ4v) is 10.2. The van der Waals surface area contributed by atoms with Crippen LogP contribution in [0.5, 0.6) is 46.0 Å². The minimum absolute atomic E-state index is 0.0579. The quantitative estimate of drug-likeness (QED) is 0.0768. The standard InChI is InChI=1S/C60H46N4O6S/c61-43-15-5-23-51(35-43)67-47-19-1-11-39(31-47)55-27-9-29-57(59(55)41-13-3-21-49(33-41)69-53-25-7-17-45(63)37-53)71(65,66)58-30-10-28-56(40-12-2-20-48(32-40)68-52-24-6-16-44(62)36-52)60(58)42-14-4-22-50(34-42)70-54-26-8-18-46(64)38-54/h1-38H,61-64H2. The molecule has 0 aliphatic rings. The van der Waals surface area contributed by atoms with Crippen molar-refractivity contribution in [3.63, 3.8) is 0 Å². The Morgan fingerprint density at radius 2 is 0.507 bits per heavy atom. The largest absolute Gasteiger partial charge is 0.457 e. The van der Waals surface area contributed by atoms with Crippen LogP contribution < -0.4 is 41.9 Å². The number of rotatable bonds is 14. The monoisotopic (exact) mass is 950 g/mol. The number of anilines is 4. The highest BCUT2D eigenvalue weighted by Crippen LogP contribution is 2.46. The number of nitrogens with two attached hydrogens (primary N) is 4. The molecule has 10 aromatic carbocycles. The first kappa shape index (κ1) is 45.3. The summed E-state index contributed by atoms with van der Waals surface area (Å²) in [5.41, 5.74) is 31.3. The van der Waals surface area contributed by atoms with E-state index in [1.807, 2.05) is 146 Å². The first-order valence-corrected chi connectivity index (χ1v) is 24.1. The molecule has 11 heteroatoms. The summed E-state index contributed by atoms with van der Waals surface area (Å²) in [7, 11) is -4.44. The molecule has 0 fully saturated rings. The smallest absolute Gasteiger partial charge is 0.207 e. The number of benzene rings is 10. The van der Waals surface area contributed by atoms with Gasteiger partial charge in [0.05, 0.1) is 9.79 Å². The number of nitrogen functional groups attached to an aromatic ring is 4. The van der Waals surface area contributed by atoms with E-state index < -0.39 is 9.84 Å². The molecule has 0 saturated carbocycles. The van der Waals surface area contributed by atoms with Crippen molar-refractivity contribution in [1.82, 2.24) is 0 Å². The number of hydrogen-bond acceptors (Lipinski definition) is 10. The van der Waals surface area contributed by atoms with E-state index in [9.17, 15) is 0 Å². The normalized spacial score (nSPS) is 11.2. The Bertz CT molecular complexity index is 3470. The predicted molar refractivity (Wildman–Crippen MR) is 284 cm³/mol. The Hall–Kier alpha value is -9.45. The van der Waals surface area contributed by atoms with Gasteiger partial charge in [-0.15, -0.1) is 0 Å². The third kappa shape index (κ3) is 10.2. The molecule has 10 rings (SSSR count). The molecule has 0 spiro atoms. The number of ether oxygens (including phenoxy) is 4. The zero-order chi connectivity index (χ0) is 48.9. The highest BCUT2D eigenvalue weighted by molar-refractivity contribution is 7.91. The molecule has 0 radical (unpaired) electrons. The molecule has 348 valence electrons. The van der Waals surface area contributed by atoms with Crippen LogP contribution in [0.25, 0.3) is 44.5 Å². The van der Waals surface area contributed by atoms with Gasteiger partial charge in [-0.05, 0) is 143 Å². The minimum Gasteiger partial charge on any atom is -0.457 e. The summed E-state index contributed by atoms with van der Waals surface area (Å²) in [5, 5.41) is 0. The van der Waals surface area contributed by atoms with E-state index in [2.05, 4.69) is 0 Å². The van der Waals surface area contributed by atoms with Crippen molar-refractivity contribution < 1.29 is 27.4 Å². The van der Waals surface area contributed by atoms with Crippen LogP contribution in [0.2, 0.25) is 0 Å². The van der Waals surface area contributed by atoms with Crippen molar-refractivity contribution >= 4 is 32.6 Å². The average molecular weight is 951 g/mol. The van der Waals surface area contributed by atoms with Crippen LogP contribution in [0, 0.1) is 0 Å². The van der Waals surface area contributed by atoms with Gasteiger partial charge in [0.15, 0.2) is 0 Å². The maximum atomic E-state index is 16.1. The molecule has 0 aliphatic carbocycles. The van der Waals surface area contributed by atoms with Crippen molar-refractivity contribution in [2.45, 2.75) is 9.79 Å². The number of hydrogen-bond donors (Lipinski definition) is 4. The Labute approximate surface area is 411 Å². The third-order valence-electron chi connectivity index (χ3n) is 11.5. The maximum absolute atomic E-state index is 16.1. The van der Waals surface area contributed by atoms with Crippen LogP contribution in [-0.2, 0) is 9.84 Å². The third-order valence-corrected chi connectivity index (χ3v) is 13.4. The lowest BCUT2D eigenvalue weighted by Gasteiger charge is -2.21. The average Bonchev–Trinajstić information content (AvgIpc) is 3.36. The van der Waals surface area contributed by atoms with E-state index in [0.717, 1.165) is 0 Å². The summed E-state index contributed by atoms with van der Waals surface area (Å²) in [6, 6.07) is 68.9. The predicted octanol–water partition coefficient (Wildman–Crippen LogP) is 14.7. The van der Waals surface area contributed by atoms with Crippen LogP contribution in [0.3, 0.4) is 0 Å². The molecule has 0 saturated heterocycles. The number of sulfone groups is 1. The minimum atomic E-state index is -4.44. The molecule has 10 nitrogen and oxygen atoms in total. The molecule has 0 bridgehead atoms. The lowest BCUT2D eigenvalue weighted by Crippen LogP contribution is -2.08. The Morgan fingerprint density at radius 3 is 0.803 bits per heavy atom. The molecule has 0 heterocycles. The van der Waals surface area contributed by atoms with E-state index in [1.54, 1.807) is 84.9 Å². The van der Waals surface area contributed by atoms with Crippen molar-refractivity contribution in [3.05, 3.63) is 231 Å². The van der Waals surface area contributed by atoms with Gasteiger partial charge >= 0.3 is 0 Å². The van der Waals surface area contributed by atoms with Gasteiger partial charge in [-0.25, -0.2) is 8.42 Å². The van der Waals surface area contributed by atoms with Gasteiger partial charge in [0.25, 0.3) is 0 Å². The van der Waals surface area contributed by atoms with Gasteiger partial charge in [0, 0.05) is 58.1 Å². The molecule has 0 aliphatic heterocycles. The Kier molecular flexibility index (Phi) is 12.5. The topological polar surface area (TPSA) is 175 Å². The highest BCUT2D eigenvalue weighted by atomic mass is 32.2. The zero-order valence-electron chi connectivity index (χ0n) is 38.1. The van der Waals surface area contributed by atoms with Gasteiger partial charge in [0.1, 0.15) is 46.0 Å². The van der Waals surface area contributed by atoms with Gasteiger partial charge in [-0.3, -0.25) is 0 Å². The Morgan fingerprint density at radius 1 is 0.268 bits per heavy atom. The molecule has 71 heavy (non-hydrogen) atoms. The first-order valence-electron chi connectivity index (χ1n) is 22.6. The van der Waals surface area contributed by atoms with E-state index in [1.165, 1.54) is 0 Å². The van der Waals surface area contributed by atoms with Crippen molar-refractivity contribution in [2.24, 2.45) is 0 Å². The summed E-state index contributed by atoms with van der Waals surface area (Å²) in [6.45, 7) is 0. The van der Waals surface area contributed by atoms with E-state index in [0.29, 0.717) is 113 Å². The van der Waals surface area contributed by atoms with Gasteiger partial charge in [-0.2, -0.15) is 0 Å². The second kappa shape index (κ2) is 19.6. The van der Waals surface area contributed by atoms with Gasteiger partial charge in [0.2, 0.25) is 9.84 Å². The maximum Gasteiger partial charge on any atom is 0.207 e. The lowest BCUT2D eigenvalue weighted by molar-refractivity contribution is 0.483. The molecule has 10 aromatic rings. The van der Waals surface area contributed by atoms with Crippen molar-refractivity contribution in [1.29, 1.82) is 0 Å². The molecule has 0 amide bonds. The van der Waals surface area contributed by atoms with Crippen molar-refractivity contribution in [2.75, 3.05) is 22.9 Å². The van der Waals surface area contributed by atoms with Crippen molar-refractivity contribution in [3.8, 4) is 90.5 Å². The van der Waals surface area contributed by atoms with E-state index in [4.69, 9.17) is 41.9 Å². The summed E-state index contributed by atoms with van der Waals surface area (Å²) >= 11 is 0. The zero-order valence-corrected chi connectivity index (χ0v) is 38.9. The summed E-state index contributed by atoms with van der Waals surface area (Å²) < 4.78 is 57.5. The molecule has 8 N–H and O–H groups in total. The summed E-state index contributed by atoms with van der Waals surface area (Å²) in [6.07, 6.45) is 0. The summed E-state index contributed by atoms with van der Waals surface area (Å²) in [4.78, 5) is 0.116. The van der Waals surface area contributed by atoms with E-state index >= 15 is 8.42 Å². The van der Waals surface area contributed by atoms with E-state index in [-0.39, 0.29) is 9.79 Å². The fourth-order valence-electron chi connectivity index (χ4n) is 8.45.